The van der Waals surface area contributed by atoms with E-state index in [0.717, 1.165) is 12.1 Å². The van der Waals surface area contributed by atoms with E-state index in [9.17, 15) is 26.4 Å². The maximum absolute atomic E-state index is 13.5. The Balaban J connectivity index is 1.45. The van der Waals surface area contributed by atoms with Gasteiger partial charge in [-0.2, -0.15) is 8.42 Å². The Morgan fingerprint density at radius 1 is 0.864 bits per heavy atom. The quantitative estimate of drug-likeness (QED) is 0.171. The number of carbonyl (C=O) groups is 2. The van der Waals surface area contributed by atoms with Crippen LogP contribution in [0.3, 0.4) is 0 Å². The molecule has 14 heteroatoms. The molecule has 44 heavy (non-hydrogen) atoms. The molecule has 0 unspecified atom stereocenters. The fourth-order valence-corrected chi connectivity index (χ4v) is 7.12. The molecule has 0 aliphatic carbocycles. The van der Waals surface area contributed by atoms with Crippen molar-refractivity contribution >= 4 is 32.0 Å². The standard InChI is InChI=1S/C30H27N3O9S2/c1-3-14-40-24-9-8-23-27(30(35)33-29(23)34)28(24)41-21-15-19(2)16-22(17-21)42-44(38,39)26-7-5-4-6-25(26)43(36,37)32-18-20-10-12-31-13-11-20/h4-13,15-17,32H,3,14,18H2,1-2H3,(H,33,34,35). The summed E-state index contributed by atoms with van der Waals surface area (Å²) in [6.07, 6.45) is 3.68. The minimum Gasteiger partial charge on any atom is -0.490 e. The number of aryl methyl sites for hydroxylation is 1. The number of sulfonamides is 1. The summed E-state index contributed by atoms with van der Waals surface area (Å²) in [4.78, 5) is 27.7. The molecule has 1 aromatic heterocycles. The second-order valence-corrected chi connectivity index (χ2v) is 12.9. The van der Waals surface area contributed by atoms with Crippen molar-refractivity contribution in [2.75, 3.05) is 6.61 Å². The van der Waals surface area contributed by atoms with Gasteiger partial charge in [-0.05, 0) is 73.0 Å². The first-order valence-electron chi connectivity index (χ1n) is 13.4. The number of ether oxygens (including phenoxy) is 2. The zero-order valence-corrected chi connectivity index (χ0v) is 25.2. The van der Waals surface area contributed by atoms with Gasteiger partial charge in [0, 0.05) is 25.0 Å². The summed E-state index contributed by atoms with van der Waals surface area (Å²) in [5.74, 6) is -1.15. The van der Waals surface area contributed by atoms with Crippen molar-refractivity contribution in [1.82, 2.24) is 15.0 Å². The van der Waals surface area contributed by atoms with Gasteiger partial charge in [0.05, 0.1) is 17.7 Å². The van der Waals surface area contributed by atoms with E-state index in [-0.39, 0.29) is 40.7 Å². The van der Waals surface area contributed by atoms with Crippen LogP contribution in [0.4, 0.5) is 0 Å². The lowest BCUT2D eigenvalue weighted by Crippen LogP contribution is -2.25. The van der Waals surface area contributed by atoms with Crippen LogP contribution in [0.2, 0.25) is 0 Å². The molecule has 0 saturated heterocycles. The first kappa shape index (κ1) is 30.7. The van der Waals surface area contributed by atoms with E-state index >= 15 is 0 Å². The van der Waals surface area contributed by atoms with Gasteiger partial charge in [-0.3, -0.25) is 19.9 Å². The van der Waals surface area contributed by atoms with Crippen LogP contribution in [-0.2, 0) is 26.7 Å². The molecule has 12 nitrogen and oxygen atoms in total. The van der Waals surface area contributed by atoms with Crippen LogP contribution in [0.15, 0.2) is 88.9 Å². The molecule has 0 bridgehead atoms. The van der Waals surface area contributed by atoms with E-state index in [2.05, 4.69) is 15.0 Å². The number of pyridine rings is 1. The highest BCUT2D eigenvalue weighted by molar-refractivity contribution is 7.91. The lowest BCUT2D eigenvalue weighted by atomic mass is 10.1. The number of carbonyl (C=O) groups excluding carboxylic acids is 2. The SMILES string of the molecule is CCCOc1ccc2c(c1Oc1cc(C)cc(OS(=O)(=O)c3ccccc3S(=O)(=O)NCc3ccncc3)c1)C(=O)NC2=O. The number of benzene rings is 3. The topological polar surface area (TPSA) is 167 Å². The summed E-state index contributed by atoms with van der Waals surface area (Å²) in [5, 5.41) is 2.22. The number of aromatic nitrogens is 1. The van der Waals surface area contributed by atoms with Crippen LogP contribution in [0.1, 0.15) is 45.2 Å². The van der Waals surface area contributed by atoms with E-state index in [1.807, 2.05) is 6.92 Å². The molecule has 2 amide bonds. The van der Waals surface area contributed by atoms with E-state index in [4.69, 9.17) is 13.7 Å². The Kier molecular flexibility index (Phi) is 8.67. The zero-order valence-electron chi connectivity index (χ0n) is 23.6. The van der Waals surface area contributed by atoms with Crippen LogP contribution < -0.4 is 23.7 Å². The molecule has 2 heterocycles. The van der Waals surface area contributed by atoms with Crippen molar-refractivity contribution in [3.8, 4) is 23.0 Å². The van der Waals surface area contributed by atoms with Crippen molar-refractivity contribution in [3.05, 3.63) is 101 Å². The van der Waals surface area contributed by atoms with Gasteiger partial charge in [-0.15, -0.1) is 0 Å². The van der Waals surface area contributed by atoms with Gasteiger partial charge >= 0.3 is 10.1 Å². The van der Waals surface area contributed by atoms with Gasteiger partial charge in [0.1, 0.15) is 21.3 Å². The van der Waals surface area contributed by atoms with Gasteiger partial charge in [0.25, 0.3) is 11.8 Å². The van der Waals surface area contributed by atoms with Crippen molar-refractivity contribution < 1.29 is 40.1 Å². The number of nitrogens with zero attached hydrogens (tertiary/aromatic N) is 1. The van der Waals surface area contributed by atoms with Gasteiger partial charge < -0.3 is 13.7 Å². The number of rotatable bonds is 12. The molecule has 5 rings (SSSR count). The molecule has 3 aromatic carbocycles. The second kappa shape index (κ2) is 12.4. The Morgan fingerprint density at radius 3 is 2.30 bits per heavy atom. The Hall–Kier alpha value is -4.79. The molecule has 0 radical (unpaired) electrons. The Bertz CT molecular complexity index is 1960. The molecular formula is C30H27N3O9S2. The molecular weight excluding hydrogens is 610 g/mol. The first-order chi connectivity index (χ1) is 21.0. The van der Waals surface area contributed by atoms with Crippen molar-refractivity contribution in [3.63, 3.8) is 0 Å². The van der Waals surface area contributed by atoms with Crippen LogP contribution in [0.25, 0.3) is 0 Å². The fraction of sp³-hybridized carbons (Fsp3) is 0.167. The average Bonchev–Trinajstić information content (AvgIpc) is 3.28. The van der Waals surface area contributed by atoms with E-state index in [1.54, 1.807) is 25.1 Å². The number of hydrogen-bond donors (Lipinski definition) is 2. The summed E-state index contributed by atoms with van der Waals surface area (Å²) in [6, 6.07) is 15.5. The van der Waals surface area contributed by atoms with E-state index in [0.29, 0.717) is 24.2 Å². The normalized spacial score (nSPS) is 12.9. The van der Waals surface area contributed by atoms with Gasteiger partial charge in [-0.1, -0.05) is 19.1 Å². The van der Waals surface area contributed by atoms with Crippen LogP contribution in [0.5, 0.6) is 23.0 Å². The first-order valence-corrected chi connectivity index (χ1v) is 16.2. The number of amides is 2. The van der Waals surface area contributed by atoms with E-state index in [1.165, 1.54) is 48.8 Å². The molecule has 1 aliphatic rings. The predicted octanol–water partition coefficient (Wildman–Crippen LogP) is 4.10. The Labute approximate surface area is 254 Å². The molecule has 4 aromatic rings. The Morgan fingerprint density at radius 2 is 1.57 bits per heavy atom. The second-order valence-electron chi connectivity index (χ2n) is 9.70. The molecule has 0 saturated carbocycles. The summed E-state index contributed by atoms with van der Waals surface area (Å²) < 4.78 is 72.8. The number of imide groups is 1. The number of fused-ring (bicyclic) bond motifs is 1. The van der Waals surface area contributed by atoms with Gasteiger partial charge in [0.2, 0.25) is 10.0 Å². The average molecular weight is 638 g/mol. The summed E-state index contributed by atoms with van der Waals surface area (Å²) in [5.41, 5.74) is 1.24. The fourth-order valence-electron chi connectivity index (χ4n) is 4.38. The maximum atomic E-state index is 13.5. The highest BCUT2D eigenvalue weighted by Gasteiger charge is 2.33. The minimum atomic E-state index is -4.68. The number of nitrogens with one attached hydrogen (secondary N) is 2. The molecule has 1 aliphatic heterocycles. The van der Waals surface area contributed by atoms with Crippen LogP contribution in [0, 0.1) is 6.92 Å². The largest absolute Gasteiger partial charge is 0.490 e. The number of hydrogen-bond acceptors (Lipinski definition) is 10. The summed E-state index contributed by atoms with van der Waals surface area (Å²) in [7, 11) is -8.96. The molecule has 0 atom stereocenters. The van der Waals surface area contributed by atoms with Crippen LogP contribution >= 0.6 is 0 Å². The van der Waals surface area contributed by atoms with Gasteiger partial charge in [0.15, 0.2) is 11.5 Å². The van der Waals surface area contributed by atoms with Crippen molar-refractivity contribution in [1.29, 1.82) is 0 Å². The third-order valence-corrected chi connectivity index (χ3v) is 9.25. The zero-order chi connectivity index (χ0) is 31.5. The highest BCUT2D eigenvalue weighted by Crippen LogP contribution is 2.40. The summed E-state index contributed by atoms with van der Waals surface area (Å²) >= 11 is 0. The smallest absolute Gasteiger partial charge is 0.340 e. The van der Waals surface area contributed by atoms with E-state index < -0.39 is 41.7 Å². The highest BCUT2D eigenvalue weighted by atomic mass is 32.2. The van der Waals surface area contributed by atoms with Crippen LogP contribution in [-0.4, -0.2) is 40.2 Å². The van der Waals surface area contributed by atoms with Crippen molar-refractivity contribution in [2.24, 2.45) is 0 Å². The lowest BCUT2D eigenvalue weighted by Gasteiger charge is -2.16. The molecule has 0 fully saturated rings. The monoisotopic (exact) mass is 637 g/mol. The summed E-state index contributed by atoms with van der Waals surface area (Å²) in [6.45, 7) is 3.78. The maximum Gasteiger partial charge on any atom is 0.340 e. The third-order valence-electron chi connectivity index (χ3n) is 6.36. The van der Waals surface area contributed by atoms with Crippen molar-refractivity contribution in [2.45, 2.75) is 36.6 Å². The molecule has 2 N–H and O–H groups in total. The third kappa shape index (κ3) is 6.56. The lowest BCUT2D eigenvalue weighted by molar-refractivity contribution is 0.0879. The minimum absolute atomic E-state index is 0.0152. The predicted molar refractivity (Wildman–Crippen MR) is 158 cm³/mol. The van der Waals surface area contributed by atoms with Gasteiger partial charge in [-0.25, -0.2) is 13.1 Å². The molecule has 228 valence electrons. The molecule has 0 spiro atoms.